The number of fused-ring (bicyclic) bond motifs is 1. The highest BCUT2D eigenvalue weighted by Gasteiger charge is 2.16. The third-order valence-electron chi connectivity index (χ3n) is 3.07. The lowest BCUT2D eigenvalue weighted by molar-refractivity contribution is 0.516. The average molecular weight is 239 g/mol. The lowest BCUT2D eigenvalue weighted by Gasteiger charge is -2.14. The summed E-state index contributed by atoms with van der Waals surface area (Å²) in [5.74, 6) is -0.892. The summed E-state index contributed by atoms with van der Waals surface area (Å²) in [6, 6.07) is 2.83. The topological polar surface area (TPSA) is 25.2 Å². The summed E-state index contributed by atoms with van der Waals surface area (Å²) < 4.78 is 32.6. The Morgan fingerprint density at radius 1 is 1.41 bits per heavy atom. The van der Waals surface area contributed by atoms with Crippen molar-refractivity contribution < 1.29 is 13.2 Å². The first-order valence-corrected chi connectivity index (χ1v) is 5.68. The molecule has 0 radical (unpaired) electrons. The first-order chi connectivity index (χ1) is 8.17. The van der Waals surface area contributed by atoms with Crippen LogP contribution in [0.3, 0.4) is 0 Å². The van der Waals surface area contributed by atoms with Crippen molar-refractivity contribution in [3.05, 3.63) is 35.6 Å². The van der Waals surface area contributed by atoms with E-state index < -0.39 is 5.82 Å². The monoisotopic (exact) mass is 239 g/mol. The molecule has 0 spiro atoms. The van der Waals surface area contributed by atoms with Gasteiger partial charge >= 0.3 is 0 Å². The van der Waals surface area contributed by atoms with Crippen molar-refractivity contribution in [1.82, 2.24) is 5.32 Å². The summed E-state index contributed by atoms with van der Waals surface area (Å²) >= 11 is 0. The van der Waals surface area contributed by atoms with Crippen molar-refractivity contribution in [3.63, 3.8) is 0 Å². The Hall–Kier alpha value is -1.42. The molecular formula is C13H15F2NO. The zero-order valence-electron chi connectivity index (χ0n) is 9.89. The van der Waals surface area contributed by atoms with E-state index in [1.165, 1.54) is 18.4 Å². The molecule has 1 heterocycles. The van der Waals surface area contributed by atoms with Crippen LogP contribution in [-0.2, 0) is 6.42 Å². The lowest BCUT2D eigenvalue weighted by atomic mass is 10.0. The van der Waals surface area contributed by atoms with Crippen molar-refractivity contribution >= 4 is 11.0 Å². The molecule has 92 valence electrons. The molecule has 2 rings (SSSR count). The second-order valence-electron chi connectivity index (χ2n) is 4.09. The Morgan fingerprint density at radius 2 is 2.18 bits per heavy atom. The normalized spacial score (nSPS) is 13.2. The fourth-order valence-electron chi connectivity index (χ4n) is 1.99. The molecule has 1 aromatic heterocycles. The zero-order chi connectivity index (χ0) is 12.4. The van der Waals surface area contributed by atoms with Crippen molar-refractivity contribution in [2.24, 2.45) is 0 Å². The fourth-order valence-corrected chi connectivity index (χ4v) is 1.99. The van der Waals surface area contributed by atoms with E-state index in [-0.39, 0.29) is 22.8 Å². The highest BCUT2D eigenvalue weighted by molar-refractivity contribution is 5.79. The van der Waals surface area contributed by atoms with E-state index in [2.05, 4.69) is 5.32 Å². The molecule has 0 bridgehead atoms. The molecule has 4 heteroatoms. The van der Waals surface area contributed by atoms with Crippen molar-refractivity contribution in [2.75, 3.05) is 7.05 Å². The van der Waals surface area contributed by atoms with Crippen LogP contribution in [-0.4, -0.2) is 13.1 Å². The van der Waals surface area contributed by atoms with E-state index >= 15 is 0 Å². The molecule has 0 aliphatic carbocycles. The zero-order valence-corrected chi connectivity index (χ0v) is 9.89. The molecule has 2 aromatic rings. The number of halogens is 2. The van der Waals surface area contributed by atoms with E-state index in [1.54, 1.807) is 0 Å². The van der Waals surface area contributed by atoms with Crippen LogP contribution in [0.1, 0.15) is 18.9 Å². The van der Waals surface area contributed by atoms with Gasteiger partial charge in [-0.15, -0.1) is 0 Å². The number of likely N-dealkylation sites (N-methyl/N-ethyl adjacent to an activating group) is 1. The predicted molar refractivity (Wildman–Crippen MR) is 63.0 cm³/mol. The van der Waals surface area contributed by atoms with Crippen molar-refractivity contribution in [3.8, 4) is 0 Å². The van der Waals surface area contributed by atoms with E-state index in [0.29, 0.717) is 12.0 Å². The van der Waals surface area contributed by atoms with Gasteiger partial charge in [-0.3, -0.25) is 0 Å². The molecule has 0 aliphatic rings. The number of rotatable bonds is 4. The second-order valence-corrected chi connectivity index (χ2v) is 4.09. The summed E-state index contributed by atoms with van der Waals surface area (Å²) in [7, 11) is 1.82. The fraction of sp³-hybridized carbons (Fsp3) is 0.385. The highest BCUT2D eigenvalue weighted by atomic mass is 19.1. The quantitative estimate of drug-likeness (QED) is 0.886. The number of furan rings is 1. The summed E-state index contributed by atoms with van der Waals surface area (Å²) in [4.78, 5) is 0. The van der Waals surface area contributed by atoms with Gasteiger partial charge in [-0.25, -0.2) is 8.78 Å². The van der Waals surface area contributed by atoms with Crippen LogP contribution in [0.2, 0.25) is 0 Å². The number of hydrogen-bond donors (Lipinski definition) is 1. The lowest BCUT2D eigenvalue weighted by Crippen LogP contribution is -2.27. The number of benzene rings is 1. The molecule has 0 saturated heterocycles. The first-order valence-electron chi connectivity index (χ1n) is 5.68. The van der Waals surface area contributed by atoms with Gasteiger partial charge in [-0.1, -0.05) is 6.92 Å². The standard InChI is InChI=1S/C13H15F2NO/c1-3-9(16-2)6-8-7-11(14)13-10(12(8)15)4-5-17-13/h4-5,7,9,16H,3,6H2,1-2H3. The largest absolute Gasteiger partial charge is 0.461 e. The Bertz CT molecular complexity index is 517. The van der Waals surface area contributed by atoms with Crippen molar-refractivity contribution in [1.29, 1.82) is 0 Å². The molecule has 0 aliphatic heterocycles. The molecule has 0 saturated carbocycles. The van der Waals surface area contributed by atoms with Crippen LogP contribution in [0.5, 0.6) is 0 Å². The maximum atomic E-state index is 14.1. The van der Waals surface area contributed by atoms with Crippen LogP contribution >= 0.6 is 0 Å². The Kier molecular flexibility index (Phi) is 3.43. The van der Waals surface area contributed by atoms with Crippen molar-refractivity contribution in [2.45, 2.75) is 25.8 Å². The Morgan fingerprint density at radius 3 is 2.82 bits per heavy atom. The van der Waals surface area contributed by atoms with Gasteiger partial charge < -0.3 is 9.73 Å². The SMILES string of the molecule is CCC(Cc1cc(F)c2occc2c1F)NC. The molecular weight excluding hydrogens is 224 g/mol. The molecule has 1 atom stereocenters. The minimum absolute atomic E-state index is 0.0104. The molecule has 1 unspecified atom stereocenters. The van der Waals surface area contributed by atoms with E-state index in [1.807, 2.05) is 14.0 Å². The maximum Gasteiger partial charge on any atom is 0.172 e. The van der Waals surface area contributed by atoms with Gasteiger partial charge in [-0.05, 0) is 37.6 Å². The molecule has 0 fully saturated rings. The van der Waals surface area contributed by atoms with E-state index in [9.17, 15) is 8.78 Å². The van der Waals surface area contributed by atoms with Gasteiger partial charge in [0.05, 0.1) is 11.6 Å². The minimum atomic E-state index is -0.507. The van der Waals surface area contributed by atoms with Gasteiger partial charge in [0, 0.05) is 6.04 Å². The third kappa shape index (κ3) is 2.17. The highest BCUT2D eigenvalue weighted by Crippen LogP contribution is 2.26. The maximum absolute atomic E-state index is 14.1. The van der Waals surface area contributed by atoms with Crippen LogP contribution in [0.15, 0.2) is 22.8 Å². The van der Waals surface area contributed by atoms with Crippen LogP contribution in [0, 0.1) is 11.6 Å². The smallest absolute Gasteiger partial charge is 0.172 e. The van der Waals surface area contributed by atoms with Crippen LogP contribution in [0.4, 0.5) is 8.78 Å². The second kappa shape index (κ2) is 4.84. The van der Waals surface area contributed by atoms with Gasteiger partial charge in [0.1, 0.15) is 5.82 Å². The van der Waals surface area contributed by atoms with E-state index in [0.717, 1.165) is 6.42 Å². The summed E-state index contributed by atoms with van der Waals surface area (Å²) in [6.45, 7) is 2.01. The Balaban J connectivity index is 2.43. The Labute approximate surface area is 98.6 Å². The minimum Gasteiger partial charge on any atom is -0.461 e. The molecule has 1 aromatic carbocycles. The third-order valence-corrected chi connectivity index (χ3v) is 3.07. The van der Waals surface area contributed by atoms with Gasteiger partial charge in [-0.2, -0.15) is 0 Å². The van der Waals surface area contributed by atoms with Gasteiger partial charge in [0.25, 0.3) is 0 Å². The number of hydrogen-bond acceptors (Lipinski definition) is 2. The molecule has 1 N–H and O–H groups in total. The summed E-state index contributed by atoms with van der Waals surface area (Å²) in [5.41, 5.74) is 0.376. The molecule has 0 amide bonds. The predicted octanol–water partition coefficient (Wildman–Crippen LogP) is 3.25. The summed E-state index contributed by atoms with van der Waals surface area (Å²) in [5, 5.41) is 3.29. The van der Waals surface area contributed by atoms with Crippen LogP contribution < -0.4 is 5.32 Å². The van der Waals surface area contributed by atoms with E-state index in [4.69, 9.17) is 4.42 Å². The average Bonchev–Trinajstić information content (AvgIpc) is 2.81. The molecule has 17 heavy (non-hydrogen) atoms. The van der Waals surface area contributed by atoms with Gasteiger partial charge in [0.2, 0.25) is 0 Å². The molecule has 2 nitrogen and oxygen atoms in total. The number of nitrogens with one attached hydrogen (secondary N) is 1. The first kappa shape index (κ1) is 12.0. The van der Waals surface area contributed by atoms with Crippen LogP contribution in [0.25, 0.3) is 11.0 Å². The van der Waals surface area contributed by atoms with Gasteiger partial charge in [0.15, 0.2) is 11.4 Å². The summed E-state index contributed by atoms with van der Waals surface area (Å²) in [6.07, 6.45) is 2.63.